The highest BCUT2D eigenvalue weighted by molar-refractivity contribution is 7.13. The Bertz CT molecular complexity index is 1880. The number of nitrogens with two attached hydrogens (primary N) is 1. The van der Waals surface area contributed by atoms with Gasteiger partial charge in [0.2, 0.25) is 11.8 Å². The van der Waals surface area contributed by atoms with E-state index >= 15 is 0 Å². The number of aryl methyl sites for hydroxylation is 1. The number of β-amino-alcohol motifs (C(OH)–C–C–N with tert-alkyl or cyclic N) is 1. The van der Waals surface area contributed by atoms with Crippen LogP contribution < -0.4 is 16.0 Å². The van der Waals surface area contributed by atoms with Crippen LogP contribution in [0.2, 0.25) is 0 Å². The number of para-hydroxylation sites is 1. The first-order valence-electron chi connectivity index (χ1n) is 17.2. The van der Waals surface area contributed by atoms with Crippen LogP contribution in [0.3, 0.4) is 0 Å². The Kier molecular flexibility index (Phi) is 10.9. The summed E-state index contributed by atoms with van der Waals surface area (Å²) in [5.74, 6) is -0.964. The molecule has 2 fully saturated rings. The summed E-state index contributed by atoms with van der Waals surface area (Å²) in [5, 5.41) is 32.0. The van der Waals surface area contributed by atoms with E-state index in [9.17, 15) is 24.6 Å². The lowest BCUT2D eigenvalue weighted by molar-refractivity contribution is -0.142. The number of hydrogen-bond donors (Lipinski definition) is 4. The van der Waals surface area contributed by atoms with Gasteiger partial charge in [-0.15, -0.1) is 21.5 Å². The number of nitrogens with zero attached hydrogens (tertiary/aromatic N) is 6. The second-order valence-electron chi connectivity index (χ2n) is 13.4. The van der Waals surface area contributed by atoms with E-state index in [2.05, 4.69) is 25.4 Å². The largest absolute Gasteiger partial charge is 0.507 e. The molecule has 13 nitrogen and oxygen atoms in total. The fraction of sp³-hybridized carbons (Fsp3) is 0.405. The maximum absolute atomic E-state index is 13.6. The van der Waals surface area contributed by atoms with Gasteiger partial charge in [0.1, 0.15) is 17.6 Å². The zero-order valence-electron chi connectivity index (χ0n) is 29.0. The highest BCUT2D eigenvalue weighted by atomic mass is 32.1. The summed E-state index contributed by atoms with van der Waals surface area (Å²) in [4.78, 5) is 51.1. The third kappa shape index (κ3) is 8.19. The molecule has 2 aliphatic heterocycles. The first-order chi connectivity index (χ1) is 24.5. The van der Waals surface area contributed by atoms with Crippen LogP contribution in [0.5, 0.6) is 5.75 Å². The molecule has 51 heavy (non-hydrogen) atoms. The number of amides is 2. The van der Waals surface area contributed by atoms with Crippen LogP contribution >= 0.6 is 11.3 Å². The molecule has 0 bridgehead atoms. The number of aliphatic hydroxyl groups is 1. The SMILES string of the molecule is Cc1ncsc1-c1ccc([C@H](C)NC(=O)[C@@H]2C[C@@H](O)CN2C(=O)[C@H](C)CC(=O)CN2CCN(c3cc(-c4ccccc4O)nnc3N)CC2)cc1. The van der Waals surface area contributed by atoms with E-state index in [1.165, 1.54) is 4.90 Å². The van der Waals surface area contributed by atoms with Crippen molar-refractivity contribution in [2.75, 3.05) is 49.9 Å². The molecular weight excluding hydrogens is 669 g/mol. The number of hydrogen-bond acceptors (Lipinski definition) is 12. The predicted octanol–water partition coefficient (Wildman–Crippen LogP) is 3.42. The van der Waals surface area contributed by atoms with E-state index in [1.807, 2.05) is 60.7 Å². The number of rotatable bonds is 11. The number of phenolic OH excluding ortho intramolecular Hbond substituents is 1. The van der Waals surface area contributed by atoms with Gasteiger partial charge in [0.25, 0.3) is 0 Å². The molecule has 5 N–H and O–H groups in total. The first-order valence-corrected chi connectivity index (χ1v) is 18.1. The Morgan fingerprint density at radius 2 is 1.76 bits per heavy atom. The normalized spacial score (nSPS) is 19.1. The number of carbonyl (C=O) groups is 3. The van der Waals surface area contributed by atoms with E-state index in [0.29, 0.717) is 43.1 Å². The Balaban J connectivity index is 0.995. The third-order valence-corrected chi connectivity index (χ3v) is 10.7. The topological polar surface area (TPSA) is 178 Å². The number of anilines is 2. The summed E-state index contributed by atoms with van der Waals surface area (Å²) in [7, 11) is 0. The van der Waals surface area contributed by atoms with Gasteiger partial charge in [-0.25, -0.2) is 4.98 Å². The molecule has 0 aliphatic carbocycles. The molecule has 6 rings (SSSR count). The maximum atomic E-state index is 13.6. The minimum Gasteiger partial charge on any atom is -0.507 e. The second kappa shape index (κ2) is 15.5. The molecule has 0 spiro atoms. The molecule has 0 saturated carbocycles. The lowest BCUT2D eigenvalue weighted by Crippen LogP contribution is -2.49. The smallest absolute Gasteiger partial charge is 0.243 e. The Labute approximate surface area is 301 Å². The lowest BCUT2D eigenvalue weighted by Gasteiger charge is -2.36. The summed E-state index contributed by atoms with van der Waals surface area (Å²) in [6.45, 7) is 8.23. The van der Waals surface area contributed by atoms with Crippen molar-refractivity contribution in [2.45, 2.75) is 51.8 Å². The van der Waals surface area contributed by atoms with Crippen molar-refractivity contribution in [2.24, 2.45) is 5.92 Å². The van der Waals surface area contributed by atoms with Crippen molar-refractivity contribution in [3.05, 3.63) is 71.4 Å². The minimum absolute atomic E-state index is 0.0348. The second-order valence-corrected chi connectivity index (χ2v) is 14.3. The van der Waals surface area contributed by atoms with Gasteiger partial charge in [-0.3, -0.25) is 19.3 Å². The molecule has 2 amide bonds. The van der Waals surface area contributed by atoms with Crippen LogP contribution in [0.15, 0.2) is 60.1 Å². The number of nitrogens with one attached hydrogen (secondary N) is 1. The van der Waals surface area contributed by atoms with Crippen molar-refractivity contribution in [3.63, 3.8) is 0 Å². The van der Waals surface area contributed by atoms with Gasteiger partial charge in [-0.05, 0) is 43.2 Å². The number of ketones is 1. The molecule has 4 heterocycles. The summed E-state index contributed by atoms with van der Waals surface area (Å²) in [5.41, 5.74) is 12.7. The van der Waals surface area contributed by atoms with Gasteiger partial charge in [-0.1, -0.05) is 43.3 Å². The standard InChI is InChI=1S/C37H44N8O5S/c1-22(16-27(46)19-43-12-14-44(15-13-43)31-18-30(41-42-35(31)38)29-6-4-5-7-33(29)48)37(50)45-20-28(47)17-32(45)36(49)40-23(2)25-8-10-26(11-9-25)34-24(3)39-21-51-34/h4-11,18,21-23,28,32,47-48H,12-17,19-20H2,1-3H3,(H2,38,42)(H,40,49)/t22-,23+,28-,32+/m1/s1. The summed E-state index contributed by atoms with van der Waals surface area (Å²) < 4.78 is 0. The molecular formula is C37H44N8O5S. The highest BCUT2D eigenvalue weighted by Crippen LogP contribution is 2.32. The molecule has 0 unspecified atom stereocenters. The molecule has 4 atom stereocenters. The number of phenols is 1. The van der Waals surface area contributed by atoms with Crippen molar-refractivity contribution < 1.29 is 24.6 Å². The van der Waals surface area contributed by atoms with Gasteiger partial charge >= 0.3 is 0 Å². The van der Waals surface area contributed by atoms with E-state index in [-0.39, 0.29) is 61.1 Å². The highest BCUT2D eigenvalue weighted by Gasteiger charge is 2.41. The molecule has 14 heteroatoms. The van der Waals surface area contributed by atoms with Crippen LogP contribution in [-0.4, -0.2) is 104 Å². The van der Waals surface area contributed by atoms with Crippen molar-refractivity contribution in [1.29, 1.82) is 0 Å². The quantitative estimate of drug-likeness (QED) is 0.179. The molecule has 268 valence electrons. The van der Waals surface area contributed by atoms with E-state index in [1.54, 1.807) is 36.5 Å². The number of nitrogen functional groups attached to an aromatic ring is 1. The fourth-order valence-electron chi connectivity index (χ4n) is 6.84. The number of benzene rings is 2. The first kappa shape index (κ1) is 35.9. The molecule has 2 aliphatic rings. The van der Waals surface area contributed by atoms with Crippen LogP contribution in [0.4, 0.5) is 11.5 Å². The van der Waals surface area contributed by atoms with E-state index < -0.39 is 18.1 Å². The van der Waals surface area contributed by atoms with Gasteiger partial charge in [0.15, 0.2) is 5.82 Å². The number of piperazine rings is 1. The lowest BCUT2D eigenvalue weighted by atomic mass is 10.0. The summed E-state index contributed by atoms with van der Waals surface area (Å²) in [6, 6.07) is 15.6. The molecule has 2 aromatic carbocycles. The van der Waals surface area contributed by atoms with Crippen LogP contribution in [0, 0.1) is 12.8 Å². The van der Waals surface area contributed by atoms with Crippen LogP contribution in [-0.2, 0) is 14.4 Å². The van der Waals surface area contributed by atoms with Gasteiger partial charge < -0.3 is 31.1 Å². The predicted molar refractivity (Wildman–Crippen MR) is 196 cm³/mol. The maximum Gasteiger partial charge on any atom is 0.243 e. The van der Waals surface area contributed by atoms with Crippen molar-refractivity contribution in [1.82, 2.24) is 30.3 Å². The Morgan fingerprint density at radius 1 is 1.04 bits per heavy atom. The summed E-state index contributed by atoms with van der Waals surface area (Å²) in [6.07, 6.45) is -0.641. The Morgan fingerprint density at radius 3 is 2.45 bits per heavy atom. The molecule has 2 saturated heterocycles. The zero-order valence-corrected chi connectivity index (χ0v) is 29.8. The van der Waals surface area contributed by atoms with Gasteiger partial charge in [-0.2, -0.15) is 0 Å². The fourth-order valence-corrected chi connectivity index (χ4v) is 7.65. The minimum atomic E-state index is -0.819. The average Bonchev–Trinajstić information content (AvgIpc) is 3.74. The van der Waals surface area contributed by atoms with Crippen molar-refractivity contribution in [3.8, 4) is 27.4 Å². The number of aromatic hydroxyl groups is 1. The number of thiazole rings is 1. The number of aromatic nitrogens is 3. The van der Waals surface area contributed by atoms with Crippen LogP contribution in [0.1, 0.15) is 44.0 Å². The monoisotopic (exact) mass is 712 g/mol. The number of Topliss-reactive ketones (excluding diaryl/α,β-unsaturated/α-hetero) is 1. The molecule has 4 aromatic rings. The third-order valence-electron chi connectivity index (χ3n) is 9.69. The van der Waals surface area contributed by atoms with Gasteiger partial charge in [0, 0.05) is 57.0 Å². The number of likely N-dealkylation sites (tertiary alicyclic amines) is 1. The van der Waals surface area contributed by atoms with E-state index in [4.69, 9.17) is 5.73 Å². The molecule has 0 radical (unpaired) electrons. The zero-order chi connectivity index (χ0) is 36.2. The molecule has 2 aromatic heterocycles. The van der Waals surface area contributed by atoms with Gasteiger partial charge in [0.05, 0.1) is 46.2 Å². The Hall–Kier alpha value is -4.92. The number of aliphatic hydroxyl groups excluding tert-OH is 1. The van der Waals surface area contributed by atoms with Crippen molar-refractivity contribution >= 4 is 40.4 Å². The summed E-state index contributed by atoms with van der Waals surface area (Å²) >= 11 is 1.58. The van der Waals surface area contributed by atoms with E-state index in [0.717, 1.165) is 21.7 Å². The average molecular weight is 713 g/mol. The van der Waals surface area contributed by atoms with Crippen LogP contribution in [0.25, 0.3) is 21.7 Å². The number of carbonyl (C=O) groups excluding carboxylic acids is 3.